The van der Waals surface area contributed by atoms with Crippen LogP contribution in [0.4, 0.5) is 4.39 Å². The molecule has 0 aliphatic carbocycles. The number of aromatic hydroxyl groups is 2. The lowest BCUT2D eigenvalue weighted by molar-refractivity contribution is 0.0916. The second-order valence-corrected chi connectivity index (χ2v) is 3.84. The number of halogens is 1. The number of hydrogen-bond donors (Lipinski definition) is 2. The Morgan fingerprint density at radius 1 is 1.15 bits per heavy atom. The maximum Gasteiger partial charge on any atom is 0.203 e. The summed E-state index contributed by atoms with van der Waals surface area (Å²) < 4.78 is 18.3. The van der Waals surface area contributed by atoms with Crippen molar-refractivity contribution in [1.82, 2.24) is 0 Å². The molecule has 0 atom stereocenters. The Hall–Kier alpha value is -2.60. The van der Waals surface area contributed by atoms with Crippen LogP contribution in [0.5, 0.6) is 17.2 Å². The average molecular weight is 280 g/mol. The number of phenolic OH excluding ortho intramolecular Hbond substituents is 2. The highest BCUT2D eigenvalue weighted by atomic mass is 19.1. The van der Waals surface area contributed by atoms with Crippen LogP contribution in [0.25, 0.3) is 0 Å². The van der Waals surface area contributed by atoms with Crippen LogP contribution in [0.3, 0.4) is 0 Å². The molecule has 0 unspecified atom stereocenters. The van der Waals surface area contributed by atoms with Gasteiger partial charge in [0.2, 0.25) is 5.78 Å². The number of Topliss-reactive ketones (excluding diaryl/α,β-unsaturated/α-hetero) is 1. The third-order valence-electron chi connectivity index (χ3n) is 2.48. The van der Waals surface area contributed by atoms with Crippen LogP contribution in [0.15, 0.2) is 42.5 Å². The summed E-state index contributed by atoms with van der Waals surface area (Å²) in [5.74, 6) is -1.61. The maximum absolute atomic E-state index is 13.3. The van der Waals surface area contributed by atoms with E-state index in [9.17, 15) is 14.3 Å². The zero-order chi connectivity index (χ0) is 13.8. The van der Waals surface area contributed by atoms with Crippen molar-refractivity contribution < 1.29 is 29.6 Å². The second kappa shape index (κ2) is 6.53. The highest BCUT2D eigenvalue weighted by Crippen LogP contribution is 2.23. The second-order valence-electron chi connectivity index (χ2n) is 3.84. The lowest BCUT2D eigenvalue weighted by Crippen LogP contribution is -2.12. The molecule has 0 aliphatic heterocycles. The van der Waals surface area contributed by atoms with Crippen LogP contribution in [0.1, 0.15) is 10.4 Å². The van der Waals surface area contributed by atoms with Crippen molar-refractivity contribution in [3.8, 4) is 17.2 Å². The van der Waals surface area contributed by atoms with Crippen molar-refractivity contribution in [1.29, 1.82) is 0 Å². The maximum atomic E-state index is 13.3. The summed E-state index contributed by atoms with van der Waals surface area (Å²) in [5.41, 5.74) is 0.00846. The molecule has 0 saturated carbocycles. The number of rotatable bonds is 4. The zero-order valence-corrected chi connectivity index (χ0v) is 10.3. The minimum Gasteiger partial charge on any atom is -0.508 e. The van der Waals surface area contributed by atoms with Gasteiger partial charge in [0.15, 0.2) is 18.2 Å². The van der Waals surface area contributed by atoms with E-state index in [-0.39, 0.29) is 28.3 Å². The third kappa shape index (κ3) is 3.46. The fourth-order valence-electron chi connectivity index (χ4n) is 1.54. The fourth-order valence-corrected chi connectivity index (χ4v) is 1.54. The van der Waals surface area contributed by atoms with E-state index in [0.717, 1.165) is 6.07 Å². The first-order valence-electron chi connectivity index (χ1n) is 5.50. The van der Waals surface area contributed by atoms with E-state index in [1.54, 1.807) is 6.07 Å². The molecule has 2 aromatic carbocycles. The smallest absolute Gasteiger partial charge is 0.203 e. The highest BCUT2D eigenvalue weighted by molar-refractivity contribution is 5.99. The zero-order valence-electron chi connectivity index (χ0n) is 10.3. The van der Waals surface area contributed by atoms with E-state index in [4.69, 9.17) is 9.84 Å². The Balaban J connectivity index is 0.00000200. The minimum absolute atomic E-state index is 0. The van der Waals surface area contributed by atoms with Crippen LogP contribution < -0.4 is 4.74 Å². The van der Waals surface area contributed by atoms with Gasteiger partial charge in [-0.3, -0.25) is 4.79 Å². The van der Waals surface area contributed by atoms with Gasteiger partial charge in [0.25, 0.3) is 0 Å². The molecule has 0 fully saturated rings. The summed E-state index contributed by atoms with van der Waals surface area (Å²) in [5, 5.41) is 18.6. The molecule has 0 aromatic heterocycles. The Kier molecular flexibility index (Phi) is 5.05. The van der Waals surface area contributed by atoms with Gasteiger partial charge in [-0.15, -0.1) is 0 Å². The van der Waals surface area contributed by atoms with Gasteiger partial charge in [-0.25, -0.2) is 4.39 Å². The SMILES string of the molecule is O.O=C(COc1ccccc1F)c1ccc(O)cc1O. The summed E-state index contributed by atoms with van der Waals surface area (Å²) in [4.78, 5) is 11.8. The molecule has 0 spiro atoms. The molecule has 4 N–H and O–H groups in total. The topological polar surface area (TPSA) is 98.3 Å². The number of carbonyl (C=O) groups excluding carboxylic acids is 1. The Labute approximate surface area is 114 Å². The lowest BCUT2D eigenvalue weighted by atomic mass is 10.1. The average Bonchev–Trinajstić information content (AvgIpc) is 2.37. The van der Waals surface area contributed by atoms with E-state index in [0.29, 0.717) is 0 Å². The van der Waals surface area contributed by atoms with Crippen LogP contribution in [-0.4, -0.2) is 28.1 Å². The van der Waals surface area contributed by atoms with Crippen molar-refractivity contribution in [2.24, 2.45) is 0 Å². The Bertz CT molecular complexity index is 612. The van der Waals surface area contributed by atoms with Gasteiger partial charge >= 0.3 is 0 Å². The highest BCUT2D eigenvalue weighted by Gasteiger charge is 2.13. The van der Waals surface area contributed by atoms with Gasteiger partial charge in [0, 0.05) is 6.07 Å². The molecule has 0 radical (unpaired) electrons. The van der Waals surface area contributed by atoms with E-state index in [1.807, 2.05) is 0 Å². The lowest BCUT2D eigenvalue weighted by Gasteiger charge is -2.07. The molecule has 2 rings (SSSR count). The number of phenols is 2. The molecule has 20 heavy (non-hydrogen) atoms. The number of hydrogen-bond acceptors (Lipinski definition) is 4. The summed E-state index contributed by atoms with van der Waals surface area (Å²) >= 11 is 0. The first-order valence-corrected chi connectivity index (χ1v) is 5.50. The summed E-state index contributed by atoms with van der Waals surface area (Å²) in [7, 11) is 0. The number of ether oxygens (including phenoxy) is 1. The first-order chi connectivity index (χ1) is 9.08. The number of carbonyl (C=O) groups is 1. The van der Waals surface area contributed by atoms with Crippen molar-refractivity contribution in [2.75, 3.05) is 6.61 Å². The molecule has 0 amide bonds. The van der Waals surface area contributed by atoms with Crippen LogP contribution in [-0.2, 0) is 0 Å². The van der Waals surface area contributed by atoms with Crippen molar-refractivity contribution >= 4 is 5.78 Å². The van der Waals surface area contributed by atoms with E-state index < -0.39 is 18.2 Å². The van der Waals surface area contributed by atoms with Crippen LogP contribution in [0, 0.1) is 5.82 Å². The van der Waals surface area contributed by atoms with E-state index in [1.165, 1.54) is 30.3 Å². The standard InChI is InChI=1S/C14H11FO4.H2O/c15-11-3-1-2-4-14(11)19-8-13(18)10-6-5-9(16)7-12(10)17;/h1-7,16-17H,8H2;1H2. The first kappa shape index (κ1) is 15.5. The molecule has 2 aromatic rings. The normalized spacial score (nSPS) is 9.65. The summed E-state index contributed by atoms with van der Waals surface area (Å²) in [6, 6.07) is 9.32. The van der Waals surface area contributed by atoms with Crippen molar-refractivity contribution in [3.63, 3.8) is 0 Å². The fraction of sp³-hybridized carbons (Fsp3) is 0.0714. The molecule has 106 valence electrons. The van der Waals surface area contributed by atoms with Gasteiger partial charge in [-0.2, -0.15) is 0 Å². The van der Waals surface area contributed by atoms with Crippen LogP contribution >= 0.6 is 0 Å². The predicted molar refractivity (Wildman–Crippen MR) is 69.6 cm³/mol. The van der Waals surface area contributed by atoms with Gasteiger partial charge in [-0.05, 0) is 24.3 Å². The Morgan fingerprint density at radius 3 is 2.50 bits per heavy atom. The van der Waals surface area contributed by atoms with Gasteiger partial charge in [0.1, 0.15) is 11.5 Å². The molecule has 0 bridgehead atoms. The molecule has 0 aliphatic rings. The van der Waals surface area contributed by atoms with Crippen molar-refractivity contribution in [3.05, 3.63) is 53.8 Å². The Morgan fingerprint density at radius 2 is 1.85 bits per heavy atom. The minimum atomic E-state index is -0.565. The number of ketones is 1. The summed E-state index contributed by atoms with van der Waals surface area (Å²) in [6.45, 7) is -0.404. The van der Waals surface area contributed by atoms with Gasteiger partial charge in [-0.1, -0.05) is 12.1 Å². The van der Waals surface area contributed by atoms with Crippen molar-refractivity contribution in [2.45, 2.75) is 0 Å². The van der Waals surface area contributed by atoms with E-state index >= 15 is 0 Å². The van der Waals surface area contributed by atoms with Gasteiger partial charge < -0.3 is 20.4 Å². The largest absolute Gasteiger partial charge is 0.508 e. The summed E-state index contributed by atoms with van der Waals surface area (Å²) in [6.07, 6.45) is 0. The van der Waals surface area contributed by atoms with Gasteiger partial charge in [0.05, 0.1) is 5.56 Å². The monoisotopic (exact) mass is 280 g/mol. The predicted octanol–water partition coefficient (Wildman–Crippen LogP) is 1.67. The number of para-hydroxylation sites is 1. The third-order valence-corrected chi connectivity index (χ3v) is 2.48. The molecule has 0 heterocycles. The quantitative estimate of drug-likeness (QED) is 0.832. The molecule has 0 saturated heterocycles. The molecular weight excluding hydrogens is 267 g/mol. The molecular formula is C14H13FO5. The van der Waals surface area contributed by atoms with E-state index in [2.05, 4.69) is 0 Å². The number of benzene rings is 2. The van der Waals surface area contributed by atoms with Crippen LogP contribution in [0.2, 0.25) is 0 Å². The molecule has 6 heteroatoms. The molecule has 5 nitrogen and oxygen atoms in total.